The molecule has 5 N–H and O–H groups in total. The smallest absolute Gasteiger partial charge is 0.238 e. The molecule has 0 heterocycles. The number of nitrogens with one attached hydrogen (secondary N) is 1. The summed E-state index contributed by atoms with van der Waals surface area (Å²) in [6.45, 7) is 0.302. The van der Waals surface area contributed by atoms with E-state index in [2.05, 4.69) is 5.32 Å². The van der Waals surface area contributed by atoms with Gasteiger partial charge in [0.05, 0.1) is 11.3 Å². The largest absolute Gasteiger partial charge is 0.398 e. The summed E-state index contributed by atoms with van der Waals surface area (Å²) in [5, 5.41) is 7.78. The number of nitrogen functional groups attached to an aromatic ring is 1. The van der Waals surface area contributed by atoms with Crippen molar-refractivity contribution in [3.8, 4) is 0 Å². The lowest BCUT2D eigenvalue weighted by molar-refractivity contribution is -0.120. The fourth-order valence-electron chi connectivity index (χ4n) is 1.93. The number of benzene rings is 2. The summed E-state index contributed by atoms with van der Waals surface area (Å²) >= 11 is 0. The van der Waals surface area contributed by atoms with Crippen LogP contribution in [0.15, 0.2) is 53.4 Å². The number of sulfonamides is 1. The molecular formula is C15H17N3O3S. The molecule has 2 aromatic rings. The maximum Gasteiger partial charge on any atom is 0.238 e. The SMILES string of the molecule is Nc1ccccc1CC(=O)NCc1ccc(S(N)(=O)=O)cc1. The number of anilines is 1. The summed E-state index contributed by atoms with van der Waals surface area (Å²) in [4.78, 5) is 11.9. The van der Waals surface area contributed by atoms with Gasteiger partial charge in [-0.25, -0.2) is 13.6 Å². The summed E-state index contributed by atoms with van der Waals surface area (Å²) < 4.78 is 22.3. The van der Waals surface area contributed by atoms with Crippen LogP contribution in [-0.4, -0.2) is 14.3 Å². The van der Waals surface area contributed by atoms with Crippen LogP contribution < -0.4 is 16.2 Å². The Kier molecular flexibility index (Phi) is 4.79. The molecule has 0 bridgehead atoms. The Labute approximate surface area is 129 Å². The van der Waals surface area contributed by atoms with Crippen molar-refractivity contribution in [3.63, 3.8) is 0 Å². The van der Waals surface area contributed by atoms with Gasteiger partial charge in [0.25, 0.3) is 0 Å². The summed E-state index contributed by atoms with van der Waals surface area (Å²) in [6, 6.07) is 13.2. The van der Waals surface area contributed by atoms with Gasteiger partial charge in [-0.1, -0.05) is 30.3 Å². The van der Waals surface area contributed by atoms with Gasteiger partial charge in [-0.3, -0.25) is 4.79 Å². The lowest BCUT2D eigenvalue weighted by atomic mass is 10.1. The minimum absolute atomic E-state index is 0.0413. The quantitative estimate of drug-likeness (QED) is 0.706. The summed E-state index contributed by atoms with van der Waals surface area (Å²) in [7, 11) is -3.70. The van der Waals surface area contributed by atoms with Crippen molar-refractivity contribution in [1.82, 2.24) is 5.32 Å². The Bertz CT molecular complexity index is 771. The predicted octanol–water partition coefficient (Wildman–Crippen LogP) is 0.775. The molecule has 0 aromatic heterocycles. The first kappa shape index (κ1) is 16.0. The standard InChI is InChI=1S/C15H17N3O3S/c16-14-4-2-1-3-12(14)9-15(19)18-10-11-5-7-13(8-6-11)22(17,20)21/h1-8H,9-10,16H2,(H,18,19)(H2,17,20,21). The molecule has 0 radical (unpaired) electrons. The topological polar surface area (TPSA) is 115 Å². The van der Waals surface area contributed by atoms with Crippen molar-refractivity contribution >= 4 is 21.6 Å². The Morgan fingerprint density at radius 2 is 1.68 bits per heavy atom. The summed E-state index contributed by atoms with van der Waals surface area (Å²) in [6.07, 6.45) is 0.196. The molecule has 0 aliphatic carbocycles. The Morgan fingerprint density at radius 3 is 2.27 bits per heavy atom. The highest BCUT2D eigenvalue weighted by molar-refractivity contribution is 7.89. The van der Waals surface area contributed by atoms with Gasteiger partial charge in [0, 0.05) is 12.2 Å². The zero-order chi connectivity index (χ0) is 16.2. The van der Waals surface area contributed by atoms with Gasteiger partial charge in [0.1, 0.15) is 0 Å². The zero-order valence-electron chi connectivity index (χ0n) is 11.8. The first-order valence-electron chi connectivity index (χ1n) is 6.58. The van der Waals surface area contributed by atoms with Crippen LogP contribution in [0.5, 0.6) is 0 Å². The van der Waals surface area contributed by atoms with Gasteiger partial charge >= 0.3 is 0 Å². The number of carbonyl (C=O) groups is 1. The van der Waals surface area contributed by atoms with Crippen LogP contribution in [0.2, 0.25) is 0 Å². The molecule has 0 saturated carbocycles. The van der Waals surface area contributed by atoms with E-state index >= 15 is 0 Å². The molecule has 116 valence electrons. The Balaban J connectivity index is 1.93. The Morgan fingerprint density at radius 1 is 1.05 bits per heavy atom. The number of carbonyl (C=O) groups excluding carboxylic acids is 1. The van der Waals surface area contributed by atoms with Gasteiger partial charge in [-0.05, 0) is 29.3 Å². The fourth-order valence-corrected chi connectivity index (χ4v) is 2.44. The molecule has 2 aromatic carbocycles. The number of hydrogen-bond acceptors (Lipinski definition) is 4. The highest BCUT2D eigenvalue weighted by atomic mass is 32.2. The molecule has 22 heavy (non-hydrogen) atoms. The number of rotatable bonds is 5. The first-order valence-corrected chi connectivity index (χ1v) is 8.13. The summed E-state index contributed by atoms with van der Waals surface area (Å²) in [5.74, 6) is -0.159. The first-order chi connectivity index (χ1) is 10.4. The fraction of sp³-hybridized carbons (Fsp3) is 0.133. The van der Waals surface area contributed by atoms with Crippen LogP contribution >= 0.6 is 0 Å². The van der Waals surface area contributed by atoms with Crippen molar-refractivity contribution in [2.75, 3.05) is 5.73 Å². The second kappa shape index (κ2) is 6.59. The molecule has 0 atom stereocenters. The summed E-state index contributed by atoms with van der Waals surface area (Å²) in [5.41, 5.74) is 7.91. The van der Waals surface area contributed by atoms with E-state index in [4.69, 9.17) is 10.9 Å². The number of hydrogen-bond donors (Lipinski definition) is 3. The van der Waals surface area contributed by atoms with E-state index in [1.54, 1.807) is 24.3 Å². The van der Waals surface area contributed by atoms with Gasteiger partial charge in [0.15, 0.2) is 0 Å². The molecular weight excluding hydrogens is 302 g/mol. The van der Waals surface area contributed by atoms with Crippen LogP contribution in [0, 0.1) is 0 Å². The number of para-hydroxylation sites is 1. The molecule has 0 fully saturated rings. The maximum absolute atomic E-state index is 11.9. The van der Waals surface area contributed by atoms with E-state index < -0.39 is 10.0 Å². The lowest BCUT2D eigenvalue weighted by Gasteiger charge is -2.08. The van der Waals surface area contributed by atoms with Crippen LogP contribution in [0.4, 0.5) is 5.69 Å². The highest BCUT2D eigenvalue weighted by Gasteiger charge is 2.08. The predicted molar refractivity (Wildman–Crippen MR) is 84.2 cm³/mol. The number of nitrogens with two attached hydrogens (primary N) is 2. The van der Waals surface area contributed by atoms with E-state index in [1.807, 2.05) is 12.1 Å². The van der Waals surface area contributed by atoms with Crippen molar-refractivity contribution in [2.45, 2.75) is 17.9 Å². The van der Waals surface area contributed by atoms with Gasteiger partial charge in [-0.2, -0.15) is 0 Å². The molecule has 6 nitrogen and oxygen atoms in total. The third-order valence-corrected chi connectivity index (χ3v) is 4.08. The van der Waals surface area contributed by atoms with Crippen molar-refractivity contribution in [1.29, 1.82) is 0 Å². The minimum atomic E-state index is -3.70. The lowest BCUT2D eigenvalue weighted by Crippen LogP contribution is -2.25. The van der Waals surface area contributed by atoms with E-state index in [0.29, 0.717) is 12.2 Å². The third kappa shape index (κ3) is 4.31. The molecule has 0 aliphatic heterocycles. The molecule has 1 amide bonds. The van der Waals surface area contributed by atoms with Gasteiger partial charge in [0.2, 0.25) is 15.9 Å². The third-order valence-electron chi connectivity index (χ3n) is 3.15. The van der Waals surface area contributed by atoms with E-state index in [9.17, 15) is 13.2 Å². The van der Waals surface area contributed by atoms with E-state index in [-0.39, 0.29) is 17.2 Å². The van der Waals surface area contributed by atoms with E-state index in [1.165, 1.54) is 12.1 Å². The van der Waals surface area contributed by atoms with Crippen molar-refractivity contribution in [3.05, 3.63) is 59.7 Å². The second-order valence-electron chi connectivity index (χ2n) is 4.84. The molecule has 7 heteroatoms. The van der Waals surface area contributed by atoms with Gasteiger partial charge in [-0.15, -0.1) is 0 Å². The van der Waals surface area contributed by atoms with Crippen molar-refractivity contribution < 1.29 is 13.2 Å². The van der Waals surface area contributed by atoms with Crippen LogP contribution in [0.25, 0.3) is 0 Å². The average molecular weight is 319 g/mol. The zero-order valence-corrected chi connectivity index (χ0v) is 12.6. The van der Waals surface area contributed by atoms with E-state index in [0.717, 1.165) is 11.1 Å². The maximum atomic E-state index is 11.9. The monoisotopic (exact) mass is 319 g/mol. The van der Waals surface area contributed by atoms with Crippen LogP contribution in [-0.2, 0) is 27.8 Å². The van der Waals surface area contributed by atoms with Crippen molar-refractivity contribution in [2.24, 2.45) is 5.14 Å². The molecule has 2 rings (SSSR count). The van der Waals surface area contributed by atoms with Crippen LogP contribution in [0.3, 0.4) is 0 Å². The number of primary sulfonamides is 1. The average Bonchev–Trinajstić information content (AvgIpc) is 2.47. The molecule has 0 unspecified atom stereocenters. The highest BCUT2D eigenvalue weighted by Crippen LogP contribution is 2.11. The van der Waals surface area contributed by atoms with Gasteiger partial charge < -0.3 is 11.1 Å². The molecule has 0 spiro atoms. The minimum Gasteiger partial charge on any atom is -0.398 e. The molecule has 0 aliphatic rings. The van der Waals surface area contributed by atoms with Crippen LogP contribution in [0.1, 0.15) is 11.1 Å². The Hall–Kier alpha value is -2.38. The normalized spacial score (nSPS) is 11.1. The second-order valence-corrected chi connectivity index (χ2v) is 6.40. The number of amides is 1. The molecule has 0 saturated heterocycles.